The van der Waals surface area contributed by atoms with Crippen molar-refractivity contribution in [3.63, 3.8) is 0 Å². The number of aryl methyl sites for hydroxylation is 1. The van der Waals surface area contributed by atoms with E-state index in [9.17, 15) is 4.79 Å². The summed E-state index contributed by atoms with van der Waals surface area (Å²) < 4.78 is 5.55. The summed E-state index contributed by atoms with van der Waals surface area (Å²) in [7, 11) is 0. The number of carbonyl (C=O) groups is 1. The van der Waals surface area contributed by atoms with Gasteiger partial charge in [-0.25, -0.2) is 0 Å². The molecule has 2 atom stereocenters. The maximum absolute atomic E-state index is 12.4. The van der Waals surface area contributed by atoms with Crippen LogP contribution in [0.2, 0.25) is 0 Å². The Bertz CT molecular complexity index is 601. The highest BCUT2D eigenvalue weighted by Gasteiger charge is 2.38. The molecule has 1 aliphatic rings. The molecule has 1 saturated heterocycles. The summed E-state index contributed by atoms with van der Waals surface area (Å²) in [6.07, 6.45) is 0.858. The predicted octanol–water partition coefficient (Wildman–Crippen LogP) is 1.60. The minimum Gasteiger partial charge on any atom is -0.376 e. The van der Waals surface area contributed by atoms with Crippen molar-refractivity contribution in [1.29, 1.82) is 0 Å². The lowest BCUT2D eigenvalue weighted by molar-refractivity contribution is 0.0727. The van der Waals surface area contributed by atoms with Crippen molar-refractivity contribution >= 4 is 5.91 Å². The second-order valence-electron chi connectivity index (χ2n) is 5.67. The first-order chi connectivity index (χ1) is 9.96. The first-order valence-electron chi connectivity index (χ1n) is 7.20. The van der Waals surface area contributed by atoms with E-state index < -0.39 is 0 Å². The molecule has 0 bridgehead atoms. The summed E-state index contributed by atoms with van der Waals surface area (Å²) >= 11 is 0. The summed E-state index contributed by atoms with van der Waals surface area (Å²) in [5.74, 6) is 5.75. The summed E-state index contributed by atoms with van der Waals surface area (Å²) in [6.45, 7) is 6.98. The third-order valence-electron chi connectivity index (χ3n) is 4.10. The molecule has 3 N–H and O–H groups in total. The van der Waals surface area contributed by atoms with Crippen LogP contribution in [0.4, 0.5) is 0 Å². The van der Waals surface area contributed by atoms with E-state index in [1.54, 1.807) is 6.07 Å². The summed E-state index contributed by atoms with van der Waals surface area (Å²) in [5.41, 5.74) is 7.60. The second-order valence-corrected chi connectivity index (χ2v) is 5.67. The molecule has 0 radical (unpaired) electrons. The van der Waals surface area contributed by atoms with Crippen LogP contribution in [0.3, 0.4) is 0 Å². The zero-order chi connectivity index (χ0) is 15.5. The van der Waals surface area contributed by atoms with Crippen LogP contribution in [0.25, 0.3) is 0 Å². The van der Waals surface area contributed by atoms with Gasteiger partial charge in [-0.1, -0.05) is 11.8 Å². The largest absolute Gasteiger partial charge is 0.376 e. The molecule has 0 spiro atoms. The molecule has 2 rings (SSSR count). The van der Waals surface area contributed by atoms with Crippen LogP contribution >= 0.6 is 0 Å². The van der Waals surface area contributed by atoms with Crippen LogP contribution < -0.4 is 11.1 Å². The molecule has 0 saturated carbocycles. The van der Waals surface area contributed by atoms with Gasteiger partial charge in [0.1, 0.15) is 0 Å². The van der Waals surface area contributed by atoms with Gasteiger partial charge in [0.25, 0.3) is 5.91 Å². The normalized spacial score (nSPS) is 24.3. The molecule has 21 heavy (non-hydrogen) atoms. The molecule has 0 aromatic heterocycles. The Labute approximate surface area is 126 Å². The number of nitrogens with one attached hydrogen (secondary N) is 1. The zero-order valence-corrected chi connectivity index (χ0v) is 12.8. The third kappa shape index (κ3) is 3.44. The van der Waals surface area contributed by atoms with Crippen LogP contribution in [-0.4, -0.2) is 30.7 Å². The molecular formula is C17H22N2O2. The zero-order valence-electron chi connectivity index (χ0n) is 12.8. The SMILES string of the molecule is Cc1cc(C(=O)NC2(C)CCOC2C)ccc1C#CCN. The lowest BCUT2D eigenvalue weighted by atomic mass is 9.94. The molecule has 1 aliphatic heterocycles. The molecule has 0 aliphatic carbocycles. The topological polar surface area (TPSA) is 64.3 Å². The van der Waals surface area contributed by atoms with Crippen molar-refractivity contribution in [2.45, 2.75) is 38.8 Å². The van der Waals surface area contributed by atoms with E-state index >= 15 is 0 Å². The Hall–Kier alpha value is -1.83. The van der Waals surface area contributed by atoms with Gasteiger partial charge < -0.3 is 15.8 Å². The van der Waals surface area contributed by atoms with E-state index in [1.807, 2.05) is 32.9 Å². The van der Waals surface area contributed by atoms with Gasteiger partial charge in [-0.2, -0.15) is 0 Å². The highest BCUT2D eigenvalue weighted by Crippen LogP contribution is 2.25. The number of amides is 1. The van der Waals surface area contributed by atoms with Crippen molar-refractivity contribution in [2.24, 2.45) is 5.73 Å². The average Bonchev–Trinajstić information content (AvgIpc) is 2.77. The second kappa shape index (κ2) is 6.30. The van der Waals surface area contributed by atoms with E-state index in [1.165, 1.54) is 0 Å². The highest BCUT2D eigenvalue weighted by atomic mass is 16.5. The standard InChI is InChI=1S/C17H22N2O2/c1-12-11-15(7-6-14(12)5-4-9-18)16(20)19-17(3)8-10-21-13(17)2/h6-7,11,13H,8-10,18H2,1-3H3,(H,19,20). The van der Waals surface area contributed by atoms with Crippen LogP contribution in [0, 0.1) is 18.8 Å². The summed E-state index contributed by atoms with van der Waals surface area (Å²) in [5, 5.41) is 3.09. The maximum atomic E-state index is 12.4. The van der Waals surface area contributed by atoms with Crippen molar-refractivity contribution in [2.75, 3.05) is 13.2 Å². The Morgan fingerprint density at radius 3 is 2.90 bits per heavy atom. The van der Waals surface area contributed by atoms with Gasteiger partial charge in [-0.3, -0.25) is 4.79 Å². The molecule has 1 fully saturated rings. The van der Waals surface area contributed by atoms with E-state index in [4.69, 9.17) is 10.5 Å². The van der Waals surface area contributed by atoms with Crippen LogP contribution in [-0.2, 0) is 4.74 Å². The fourth-order valence-corrected chi connectivity index (χ4v) is 2.42. The number of nitrogens with two attached hydrogens (primary N) is 1. The molecule has 2 unspecified atom stereocenters. The van der Waals surface area contributed by atoms with E-state index in [0.29, 0.717) is 18.7 Å². The lowest BCUT2D eigenvalue weighted by Gasteiger charge is -2.29. The molecule has 112 valence electrons. The Balaban J connectivity index is 2.15. The number of carbonyl (C=O) groups excluding carboxylic acids is 1. The van der Waals surface area contributed by atoms with Gasteiger partial charge in [0.05, 0.1) is 18.2 Å². The van der Waals surface area contributed by atoms with Crippen LogP contribution in [0.1, 0.15) is 41.8 Å². The van der Waals surface area contributed by atoms with Gasteiger partial charge in [-0.15, -0.1) is 0 Å². The minimum absolute atomic E-state index is 0.0252. The number of hydrogen-bond donors (Lipinski definition) is 2. The molecule has 4 nitrogen and oxygen atoms in total. The fraction of sp³-hybridized carbons (Fsp3) is 0.471. The van der Waals surface area contributed by atoms with Gasteiger partial charge >= 0.3 is 0 Å². The molecule has 1 heterocycles. The predicted molar refractivity (Wildman–Crippen MR) is 83.0 cm³/mol. The minimum atomic E-state index is -0.303. The van der Waals surface area contributed by atoms with Crippen molar-refractivity contribution in [1.82, 2.24) is 5.32 Å². The highest BCUT2D eigenvalue weighted by molar-refractivity contribution is 5.95. The van der Waals surface area contributed by atoms with Crippen molar-refractivity contribution in [3.05, 3.63) is 34.9 Å². The summed E-state index contributed by atoms with van der Waals surface area (Å²) in [6, 6.07) is 5.52. The molecule has 4 heteroatoms. The monoisotopic (exact) mass is 286 g/mol. The fourth-order valence-electron chi connectivity index (χ4n) is 2.42. The lowest BCUT2D eigenvalue weighted by Crippen LogP contribution is -2.50. The van der Waals surface area contributed by atoms with Gasteiger partial charge in [0.2, 0.25) is 0 Å². The molecule has 1 aromatic carbocycles. The Morgan fingerprint density at radius 1 is 1.57 bits per heavy atom. The molecular weight excluding hydrogens is 264 g/mol. The smallest absolute Gasteiger partial charge is 0.251 e. The maximum Gasteiger partial charge on any atom is 0.251 e. The van der Waals surface area contributed by atoms with Gasteiger partial charge in [0.15, 0.2) is 0 Å². The van der Waals surface area contributed by atoms with Gasteiger partial charge in [-0.05, 0) is 51.0 Å². The molecule has 1 amide bonds. The number of benzene rings is 1. The Morgan fingerprint density at radius 2 is 2.33 bits per heavy atom. The quantitative estimate of drug-likeness (QED) is 0.812. The Kier molecular flexibility index (Phi) is 4.66. The van der Waals surface area contributed by atoms with E-state index in [2.05, 4.69) is 17.2 Å². The van der Waals surface area contributed by atoms with Gasteiger partial charge in [0, 0.05) is 17.7 Å². The average molecular weight is 286 g/mol. The molecule has 1 aromatic rings. The third-order valence-corrected chi connectivity index (χ3v) is 4.10. The van der Waals surface area contributed by atoms with Crippen LogP contribution in [0.5, 0.6) is 0 Å². The van der Waals surface area contributed by atoms with E-state index in [0.717, 1.165) is 17.5 Å². The van der Waals surface area contributed by atoms with Crippen molar-refractivity contribution in [3.8, 4) is 11.8 Å². The number of ether oxygens (including phenoxy) is 1. The number of rotatable bonds is 2. The van der Waals surface area contributed by atoms with E-state index in [-0.39, 0.29) is 17.6 Å². The van der Waals surface area contributed by atoms with Crippen LogP contribution in [0.15, 0.2) is 18.2 Å². The first kappa shape index (κ1) is 15.6. The number of hydrogen-bond acceptors (Lipinski definition) is 3. The van der Waals surface area contributed by atoms with Crippen molar-refractivity contribution < 1.29 is 9.53 Å². The summed E-state index contributed by atoms with van der Waals surface area (Å²) in [4.78, 5) is 12.4. The first-order valence-corrected chi connectivity index (χ1v) is 7.20.